The predicted octanol–water partition coefficient (Wildman–Crippen LogP) is 19.1. The Bertz CT molecular complexity index is 4290. The van der Waals surface area contributed by atoms with Crippen molar-refractivity contribution >= 4 is 82.4 Å². The fourth-order valence-corrected chi connectivity index (χ4v) is 11.1. The van der Waals surface area contributed by atoms with Crippen molar-refractivity contribution in [3.63, 3.8) is 0 Å². The van der Waals surface area contributed by atoms with Crippen molar-refractivity contribution < 1.29 is 4.42 Å². The van der Waals surface area contributed by atoms with Gasteiger partial charge in [-0.05, 0) is 128 Å². The van der Waals surface area contributed by atoms with Gasteiger partial charge in [0.1, 0.15) is 11.2 Å². The largest absolute Gasteiger partial charge is 0.456 e. The first-order valence-electron chi connectivity index (χ1n) is 24.3. The van der Waals surface area contributed by atoms with Crippen LogP contribution >= 0.6 is 0 Å². The third-order valence-corrected chi connectivity index (χ3v) is 14.4. The molecule has 71 heavy (non-hydrogen) atoms. The van der Waals surface area contributed by atoms with Crippen LogP contribution in [-0.4, -0.2) is 4.57 Å². The molecule has 2 heterocycles. The molecule has 3 nitrogen and oxygen atoms in total. The number of anilines is 3. The van der Waals surface area contributed by atoms with E-state index in [1.807, 2.05) is 6.07 Å². The number of furan rings is 1. The molecule has 0 radical (unpaired) electrons. The van der Waals surface area contributed by atoms with Gasteiger partial charge in [-0.25, -0.2) is 0 Å². The van der Waals surface area contributed by atoms with E-state index in [4.69, 9.17) is 4.42 Å². The minimum atomic E-state index is 0.875. The first-order valence-corrected chi connectivity index (χ1v) is 24.3. The van der Waals surface area contributed by atoms with Crippen LogP contribution in [0.1, 0.15) is 0 Å². The molecular formula is C68H44N2O. The van der Waals surface area contributed by atoms with E-state index >= 15 is 0 Å². The maximum absolute atomic E-state index is 6.45. The molecule has 2 aromatic heterocycles. The van der Waals surface area contributed by atoms with E-state index in [9.17, 15) is 0 Å². The molecule has 0 atom stereocenters. The molecule has 0 aliphatic heterocycles. The molecule has 0 saturated carbocycles. The minimum absolute atomic E-state index is 0.875. The van der Waals surface area contributed by atoms with E-state index in [0.29, 0.717) is 0 Å². The lowest BCUT2D eigenvalue weighted by Crippen LogP contribution is -2.12. The average Bonchev–Trinajstić information content (AvgIpc) is 4.00. The van der Waals surface area contributed by atoms with Gasteiger partial charge in [0.05, 0.1) is 22.4 Å². The summed E-state index contributed by atoms with van der Waals surface area (Å²) in [4.78, 5) is 2.44. The molecule has 332 valence electrons. The van der Waals surface area contributed by atoms with Crippen LogP contribution in [0.2, 0.25) is 0 Å². The van der Waals surface area contributed by atoms with Crippen molar-refractivity contribution in [3.05, 3.63) is 267 Å². The van der Waals surface area contributed by atoms with Gasteiger partial charge in [0.15, 0.2) is 0 Å². The number of aromatic nitrogens is 1. The molecule has 0 unspecified atom stereocenters. The first-order chi connectivity index (χ1) is 35.2. The third kappa shape index (κ3) is 6.82. The summed E-state index contributed by atoms with van der Waals surface area (Å²) >= 11 is 0. The van der Waals surface area contributed by atoms with Crippen LogP contribution in [0, 0.1) is 0 Å². The smallest absolute Gasteiger partial charge is 0.136 e. The van der Waals surface area contributed by atoms with Gasteiger partial charge in [0, 0.05) is 44.0 Å². The highest BCUT2D eigenvalue weighted by molar-refractivity contribution is 6.14. The van der Waals surface area contributed by atoms with Crippen molar-refractivity contribution in [2.75, 3.05) is 4.90 Å². The summed E-state index contributed by atoms with van der Waals surface area (Å²) in [7, 11) is 0. The van der Waals surface area contributed by atoms with Gasteiger partial charge in [-0.15, -0.1) is 0 Å². The van der Waals surface area contributed by atoms with Gasteiger partial charge in [-0.2, -0.15) is 0 Å². The Hall–Kier alpha value is -9.44. The molecule has 14 rings (SSSR count). The maximum Gasteiger partial charge on any atom is 0.136 e. The quantitative estimate of drug-likeness (QED) is 0.142. The summed E-state index contributed by atoms with van der Waals surface area (Å²) in [6.45, 7) is 0. The molecule has 12 aromatic carbocycles. The van der Waals surface area contributed by atoms with Crippen LogP contribution in [0.4, 0.5) is 17.1 Å². The van der Waals surface area contributed by atoms with E-state index in [1.165, 1.54) is 54.5 Å². The monoisotopic (exact) mass is 904 g/mol. The summed E-state index contributed by atoms with van der Waals surface area (Å²) in [5.41, 5.74) is 17.8. The Kier molecular flexibility index (Phi) is 9.53. The topological polar surface area (TPSA) is 21.3 Å². The molecule has 0 fully saturated rings. The number of rotatable bonds is 8. The van der Waals surface area contributed by atoms with Crippen molar-refractivity contribution in [2.45, 2.75) is 0 Å². The normalized spacial score (nSPS) is 11.7. The third-order valence-electron chi connectivity index (χ3n) is 14.4. The second-order valence-electron chi connectivity index (χ2n) is 18.4. The van der Waals surface area contributed by atoms with Crippen molar-refractivity contribution in [2.24, 2.45) is 0 Å². The lowest BCUT2D eigenvalue weighted by molar-refractivity contribution is 0.669. The lowest BCUT2D eigenvalue weighted by atomic mass is 9.94. The second kappa shape index (κ2) is 16.7. The standard InChI is InChI=1S/C68H44N2O/c1-2-18-54-47(15-1)31-32-50-44-51(37-42-55(50)54)56-19-3-8-25-62(56)69(65-28-11-6-22-59(65)60-24-14-30-67-68(60)61-23-7-12-29-66(61)71-67)52-38-33-45(34-39-52)48-16-13-17-49(43-48)46-35-40-53(41-36-46)70-63-26-9-4-20-57(63)58-21-5-10-27-64(58)70/h1-44H. The van der Waals surface area contributed by atoms with Gasteiger partial charge >= 0.3 is 0 Å². The average molecular weight is 905 g/mol. The molecule has 14 aromatic rings. The Morgan fingerprint density at radius 1 is 0.296 bits per heavy atom. The molecular weight excluding hydrogens is 861 g/mol. The summed E-state index contributed by atoms with van der Waals surface area (Å²) < 4.78 is 8.82. The molecule has 0 aliphatic rings. The number of para-hydroxylation sites is 5. The Labute approximate surface area is 411 Å². The van der Waals surface area contributed by atoms with Crippen LogP contribution in [-0.2, 0) is 0 Å². The van der Waals surface area contributed by atoms with E-state index in [2.05, 4.69) is 270 Å². The van der Waals surface area contributed by atoms with Crippen molar-refractivity contribution in [1.29, 1.82) is 0 Å². The van der Waals surface area contributed by atoms with Crippen LogP contribution in [0.15, 0.2) is 271 Å². The molecule has 0 bridgehead atoms. The summed E-state index contributed by atoms with van der Waals surface area (Å²) in [6, 6.07) is 96.8. The van der Waals surface area contributed by atoms with Gasteiger partial charge in [0.25, 0.3) is 0 Å². The number of hydrogen-bond donors (Lipinski definition) is 0. The zero-order chi connectivity index (χ0) is 46.8. The molecule has 0 spiro atoms. The molecule has 3 heteroatoms. The van der Waals surface area contributed by atoms with Crippen LogP contribution in [0.5, 0.6) is 0 Å². The zero-order valence-electron chi connectivity index (χ0n) is 38.7. The van der Waals surface area contributed by atoms with E-state index in [0.717, 1.165) is 78.1 Å². The number of benzene rings is 12. The van der Waals surface area contributed by atoms with E-state index in [-0.39, 0.29) is 0 Å². The fourth-order valence-electron chi connectivity index (χ4n) is 11.1. The Morgan fingerprint density at radius 2 is 0.817 bits per heavy atom. The van der Waals surface area contributed by atoms with Gasteiger partial charge in [-0.3, -0.25) is 0 Å². The van der Waals surface area contributed by atoms with Crippen LogP contribution in [0.25, 0.3) is 115 Å². The van der Waals surface area contributed by atoms with E-state index in [1.54, 1.807) is 0 Å². The molecule has 0 saturated heterocycles. The highest BCUT2D eigenvalue weighted by atomic mass is 16.3. The molecule has 0 aliphatic carbocycles. The number of hydrogen-bond acceptors (Lipinski definition) is 2. The Morgan fingerprint density at radius 3 is 1.56 bits per heavy atom. The summed E-state index contributed by atoms with van der Waals surface area (Å²) in [5.74, 6) is 0. The zero-order valence-corrected chi connectivity index (χ0v) is 38.7. The summed E-state index contributed by atoms with van der Waals surface area (Å²) in [5, 5.41) is 9.73. The molecule has 0 amide bonds. The highest BCUT2D eigenvalue weighted by Crippen LogP contribution is 2.48. The predicted molar refractivity (Wildman–Crippen MR) is 299 cm³/mol. The van der Waals surface area contributed by atoms with Gasteiger partial charge in [-0.1, -0.05) is 194 Å². The van der Waals surface area contributed by atoms with Crippen LogP contribution in [0.3, 0.4) is 0 Å². The number of fused-ring (bicyclic) bond motifs is 9. The SMILES string of the molecule is c1cc(-c2ccc(N(c3ccccc3-c3ccc4c(ccc5ccccc54)c3)c3ccccc3-c3cccc4oc5ccccc5c34)cc2)cc(-c2ccc(-n3c4ccccc4c4ccccc43)cc2)c1. The second-order valence-corrected chi connectivity index (χ2v) is 18.4. The van der Waals surface area contributed by atoms with Crippen LogP contribution < -0.4 is 4.90 Å². The molecule has 0 N–H and O–H groups in total. The highest BCUT2D eigenvalue weighted by Gasteiger charge is 2.23. The minimum Gasteiger partial charge on any atom is -0.456 e. The maximum atomic E-state index is 6.45. The van der Waals surface area contributed by atoms with E-state index < -0.39 is 0 Å². The Balaban J connectivity index is 0.877. The summed E-state index contributed by atoms with van der Waals surface area (Å²) in [6.07, 6.45) is 0. The van der Waals surface area contributed by atoms with Gasteiger partial charge in [0.2, 0.25) is 0 Å². The van der Waals surface area contributed by atoms with Crippen molar-refractivity contribution in [1.82, 2.24) is 4.57 Å². The van der Waals surface area contributed by atoms with Crippen molar-refractivity contribution in [3.8, 4) is 50.2 Å². The fraction of sp³-hybridized carbons (Fsp3) is 0. The lowest BCUT2D eigenvalue weighted by Gasteiger charge is -2.30. The van der Waals surface area contributed by atoms with Gasteiger partial charge < -0.3 is 13.9 Å². The first kappa shape index (κ1) is 40.6. The number of nitrogens with zero attached hydrogens (tertiary/aromatic N) is 2.